The maximum absolute atomic E-state index is 12.7. The van der Waals surface area contributed by atoms with Crippen LogP contribution in [0.25, 0.3) is 0 Å². The van der Waals surface area contributed by atoms with Crippen LogP contribution < -0.4 is 0 Å². The van der Waals surface area contributed by atoms with Crippen LogP contribution in [0.2, 0.25) is 0 Å². The van der Waals surface area contributed by atoms with Gasteiger partial charge in [-0.05, 0) is 25.7 Å². The van der Waals surface area contributed by atoms with Gasteiger partial charge in [-0.25, -0.2) is 0 Å². The van der Waals surface area contributed by atoms with Crippen LogP contribution in [0.5, 0.6) is 0 Å². The summed E-state index contributed by atoms with van der Waals surface area (Å²) in [5.74, 6) is 0.297. The molecule has 1 atom stereocenters. The van der Waals surface area contributed by atoms with Crippen LogP contribution in [0.4, 0.5) is 0 Å². The van der Waals surface area contributed by atoms with Crippen molar-refractivity contribution in [3.05, 3.63) is 0 Å². The van der Waals surface area contributed by atoms with E-state index in [1.807, 2.05) is 9.80 Å². The molecule has 0 radical (unpaired) electrons. The highest BCUT2D eigenvalue weighted by Gasteiger charge is 2.38. The van der Waals surface area contributed by atoms with E-state index in [-0.39, 0.29) is 17.7 Å². The summed E-state index contributed by atoms with van der Waals surface area (Å²) < 4.78 is 0. The molecule has 4 heteroatoms. The Kier molecular flexibility index (Phi) is 6.07. The zero-order valence-electron chi connectivity index (χ0n) is 13.6. The number of hydrogen-bond donors (Lipinski definition) is 0. The van der Waals surface area contributed by atoms with Crippen molar-refractivity contribution in [2.45, 2.75) is 71.3 Å². The summed E-state index contributed by atoms with van der Waals surface area (Å²) in [6.45, 7) is 6.65. The maximum Gasteiger partial charge on any atom is 0.227 e. The largest absolute Gasteiger partial charge is 0.342 e. The Labute approximate surface area is 128 Å². The first kappa shape index (κ1) is 16.3. The summed E-state index contributed by atoms with van der Waals surface area (Å²) >= 11 is 0. The molecule has 0 N–H and O–H groups in total. The summed E-state index contributed by atoms with van der Waals surface area (Å²) in [5.41, 5.74) is 0. The zero-order chi connectivity index (χ0) is 15.2. The highest BCUT2D eigenvalue weighted by atomic mass is 16.2. The molecule has 2 amide bonds. The minimum absolute atomic E-state index is 0.0995. The van der Waals surface area contributed by atoms with Crippen molar-refractivity contribution in [2.24, 2.45) is 5.92 Å². The molecule has 21 heavy (non-hydrogen) atoms. The van der Waals surface area contributed by atoms with Gasteiger partial charge in [-0.15, -0.1) is 0 Å². The van der Waals surface area contributed by atoms with Crippen LogP contribution in [-0.2, 0) is 9.59 Å². The molecule has 0 aromatic carbocycles. The van der Waals surface area contributed by atoms with Crippen molar-refractivity contribution in [1.29, 1.82) is 0 Å². The SMILES string of the molecule is CCC(CC)N1CC(C(=O)N2CCCCCCC2)CC1=O. The summed E-state index contributed by atoms with van der Waals surface area (Å²) in [5, 5.41) is 0. The zero-order valence-corrected chi connectivity index (χ0v) is 13.6. The second kappa shape index (κ2) is 7.81. The lowest BCUT2D eigenvalue weighted by molar-refractivity contribution is -0.136. The fourth-order valence-electron chi connectivity index (χ4n) is 3.71. The number of carbonyl (C=O) groups is 2. The molecule has 2 aliphatic rings. The van der Waals surface area contributed by atoms with Crippen molar-refractivity contribution in [1.82, 2.24) is 9.80 Å². The van der Waals surface area contributed by atoms with E-state index in [9.17, 15) is 9.59 Å². The normalized spacial score (nSPS) is 24.3. The van der Waals surface area contributed by atoms with Gasteiger partial charge in [-0.2, -0.15) is 0 Å². The Balaban J connectivity index is 1.95. The Morgan fingerprint density at radius 2 is 1.67 bits per heavy atom. The fourth-order valence-corrected chi connectivity index (χ4v) is 3.71. The summed E-state index contributed by atoms with van der Waals surface area (Å²) in [4.78, 5) is 28.9. The predicted molar refractivity (Wildman–Crippen MR) is 83.9 cm³/mol. The summed E-state index contributed by atoms with van der Waals surface area (Å²) in [7, 11) is 0. The van der Waals surface area contributed by atoms with Crippen LogP contribution in [0, 0.1) is 5.92 Å². The lowest BCUT2D eigenvalue weighted by Gasteiger charge is -2.29. The van der Waals surface area contributed by atoms with E-state index >= 15 is 0 Å². The molecule has 2 heterocycles. The van der Waals surface area contributed by atoms with E-state index in [0.717, 1.165) is 38.8 Å². The van der Waals surface area contributed by atoms with Gasteiger partial charge in [0.25, 0.3) is 0 Å². The topological polar surface area (TPSA) is 40.6 Å². The van der Waals surface area contributed by atoms with Crippen LogP contribution in [0.3, 0.4) is 0 Å². The minimum atomic E-state index is -0.0995. The van der Waals surface area contributed by atoms with Crippen LogP contribution in [0.1, 0.15) is 65.2 Å². The number of likely N-dealkylation sites (tertiary alicyclic amines) is 2. The van der Waals surface area contributed by atoms with Gasteiger partial charge in [0, 0.05) is 32.1 Å². The molecule has 2 rings (SSSR count). The van der Waals surface area contributed by atoms with Gasteiger partial charge in [-0.3, -0.25) is 9.59 Å². The fraction of sp³-hybridized carbons (Fsp3) is 0.882. The Hall–Kier alpha value is -1.06. The highest BCUT2D eigenvalue weighted by molar-refractivity contribution is 5.89. The molecule has 4 nitrogen and oxygen atoms in total. The second-order valence-corrected chi connectivity index (χ2v) is 6.51. The van der Waals surface area contributed by atoms with Crippen molar-refractivity contribution in [3.63, 3.8) is 0 Å². The summed E-state index contributed by atoms with van der Waals surface area (Å²) in [6, 6.07) is 0.308. The van der Waals surface area contributed by atoms with Crippen molar-refractivity contribution in [3.8, 4) is 0 Å². The van der Waals surface area contributed by atoms with Crippen LogP contribution in [0.15, 0.2) is 0 Å². The quantitative estimate of drug-likeness (QED) is 0.800. The molecule has 0 aliphatic carbocycles. The van der Waals surface area contributed by atoms with E-state index in [1.165, 1.54) is 19.3 Å². The Bertz CT molecular complexity index is 358. The van der Waals surface area contributed by atoms with Gasteiger partial charge >= 0.3 is 0 Å². The summed E-state index contributed by atoms with van der Waals surface area (Å²) in [6.07, 6.45) is 8.36. The molecule has 2 fully saturated rings. The van der Waals surface area contributed by atoms with E-state index in [2.05, 4.69) is 13.8 Å². The third-order valence-electron chi connectivity index (χ3n) is 5.06. The monoisotopic (exact) mass is 294 g/mol. The standard InChI is InChI=1S/C17H30N2O2/c1-3-15(4-2)19-13-14(12-16(19)20)17(21)18-10-8-6-5-7-9-11-18/h14-15H,3-13H2,1-2H3. The molecule has 0 saturated carbocycles. The van der Waals surface area contributed by atoms with Gasteiger partial charge in [-0.1, -0.05) is 33.1 Å². The third kappa shape index (κ3) is 3.98. The molecule has 0 aromatic heterocycles. The van der Waals surface area contributed by atoms with E-state index < -0.39 is 0 Å². The van der Waals surface area contributed by atoms with Gasteiger partial charge in [0.05, 0.1) is 5.92 Å². The van der Waals surface area contributed by atoms with E-state index in [1.54, 1.807) is 0 Å². The Morgan fingerprint density at radius 3 is 2.24 bits per heavy atom. The first-order valence-electron chi connectivity index (χ1n) is 8.75. The maximum atomic E-state index is 12.7. The molecular formula is C17H30N2O2. The smallest absolute Gasteiger partial charge is 0.227 e. The molecule has 120 valence electrons. The predicted octanol–water partition coefficient (Wildman–Crippen LogP) is 2.82. The van der Waals surface area contributed by atoms with Crippen molar-refractivity contribution >= 4 is 11.8 Å². The molecule has 0 spiro atoms. The molecule has 2 aliphatic heterocycles. The number of hydrogen-bond acceptors (Lipinski definition) is 2. The average molecular weight is 294 g/mol. The molecule has 0 bridgehead atoms. The lowest BCUT2D eigenvalue weighted by Crippen LogP contribution is -2.40. The molecule has 0 aromatic rings. The number of rotatable bonds is 4. The molecule has 1 unspecified atom stereocenters. The van der Waals surface area contributed by atoms with Crippen molar-refractivity contribution < 1.29 is 9.59 Å². The van der Waals surface area contributed by atoms with Gasteiger partial charge in [0.2, 0.25) is 11.8 Å². The molecule has 2 saturated heterocycles. The first-order valence-corrected chi connectivity index (χ1v) is 8.75. The minimum Gasteiger partial charge on any atom is -0.342 e. The van der Waals surface area contributed by atoms with Crippen LogP contribution >= 0.6 is 0 Å². The van der Waals surface area contributed by atoms with E-state index in [4.69, 9.17) is 0 Å². The third-order valence-corrected chi connectivity index (χ3v) is 5.06. The average Bonchev–Trinajstić information content (AvgIpc) is 2.82. The van der Waals surface area contributed by atoms with Gasteiger partial charge in [0.15, 0.2) is 0 Å². The number of carbonyl (C=O) groups excluding carboxylic acids is 2. The lowest BCUT2D eigenvalue weighted by atomic mass is 10.0. The highest BCUT2D eigenvalue weighted by Crippen LogP contribution is 2.25. The number of amides is 2. The van der Waals surface area contributed by atoms with Crippen LogP contribution in [-0.4, -0.2) is 47.3 Å². The van der Waals surface area contributed by atoms with Gasteiger partial charge < -0.3 is 9.80 Å². The van der Waals surface area contributed by atoms with Gasteiger partial charge in [0.1, 0.15) is 0 Å². The van der Waals surface area contributed by atoms with E-state index in [0.29, 0.717) is 19.0 Å². The second-order valence-electron chi connectivity index (χ2n) is 6.51. The van der Waals surface area contributed by atoms with Crippen molar-refractivity contribution in [2.75, 3.05) is 19.6 Å². The Morgan fingerprint density at radius 1 is 1.10 bits per heavy atom. The molecular weight excluding hydrogens is 264 g/mol. The first-order chi connectivity index (χ1) is 10.2. The number of nitrogens with zero attached hydrogens (tertiary/aromatic N) is 2.